The van der Waals surface area contributed by atoms with Gasteiger partial charge >= 0.3 is 0 Å². The van der Waals surface area contributed by atoms with Gasteiger partial charge in [0.25, 0.3) is 0 Å². The van der Waals surface area contributed by atoms with Crippen LogP contribution >= 0.6 is 0 Å². The second-order valence-electron chi connectivity index (χ2n) is 8.61. The minimum Gasteiger partial charge on any atom is -0.354 e. The van der Waals surface area contributed by atoms with E-state index < -0.39 is 0 Å². The maximum Gasteiger partial charge on any atom is 0.158 e. The van der Waals surface area contributed by atoms with Crippen LogP contribution in [0.2, 0.25) is 0 Å². The number of H-pyrrole nitrogens is 1. The van der Waals surface area contributed by atoms with Crippen LogP contribution in [0.5, 0.6) is 0 Å². The number of fused-ring (bicyclic) bond motifs is 4. The molecule has 0 radical (unpaired) electrons. The zero-order valence-corrected chi connectivity index (χ0v) is 17.4. The number of hydrogen-bond donors (Lipinski definition) is 2. The summed E-state index contributed by atoms with van der Waals surface area (Å²) < 4.78 is 1.87. The molecule has 1 aliphatic heterocycles. The molecule has 2 aromatic carbocycles. The number of rotatable bonds is 2. The summed E-state index contributed by atoms with van der Waals surface area (Å²) in [6.45, 7) is 6.53. The van der Waals surface area contributed by atoms with Gasteiger partial charge in [0.15, 0.2) is 5.65 Å². The smallest absolute Gasteiger partial charge is 0.158 e. The van der Waals surface area contributed by atoms with Gasteiger partial charge in [-0.15, -0.1) is 0 Å². The summed E-state index contributed by atoms with van der Waals surface area (Å²) in [5.41, 5.74) is 9.58. The Morgan fingerprint density at radius 1 is 0.933 bits per heavy atom. The van der Waals surface area contributed by atoms with Crippen molar-refractivity contribution in [3.05, 3.63) is 65.6 Å². The number of piperidine rings is 1. The Kier molecular flexibility index (Phi) is 3.93. The first-order valence-electron chi connectivity index (χ1n) is 10.7. The average molecular weight is 396 g/mol. The summed E-state index contributed by atoms with van der Waals surface area (Å²) >= 11 is 0. The number of aromatic amines is 1. The molecule has 150 valence electrons. The minimum absolute atomic E-state index is 0.665. The van der Waals surface area contributed by atoms with E-state index in [-0.39, 0.29) is 0 Å². The molecule has 5 heteroatoms. The Bertz CT molecular complexity index is 1400. The third-order valence-electron chi connectivity index (χ3n) is 6.65. The number of aryl methyl sites for hydroxylation is 2. The van der Waals surface area contributed by atoms with Gasteiger partial charge in [0.1, 0.15) is 6.33 Å². The molecule has 0 saturated carbocycles. The largest absolute Gasteiger partial charge is 0.354 e. The predicted molar refractivity (Wildman–Crippen MR) is 122 cm³/mol. The van der Waals surface area contributed by atoms with E-state index in [0.717, 1.165) is 24.3 Å². The highest BCUT2D eigenvalue weighted by molar-refractivity contribution is 6.09. The number of nitrogens with zero attached hydrogens (tertiary/aromatic N) is 3. The summed E-state index contributed by atoms with van der Waals surface area (Å²) in [7, 11) is 0. The first kappa shape index (κ1) is 17.7. The molecule has 0 bridgehead atoms. The van der Waals surface area contributed by atoms with Crippen molar-refractivity contribution in [2.45, 2.75) is 32.6 Å². The van der Waals surface area contributed by atoms with Crippen molar-refractivity contribution in [2.24, 2.45) is 0 Å². The van der Waals surface area contributed by atoms with Gasteiger partial charge in [-0.2, -0.15) is 5.10 Å². The predicted octanol–water partition coefficient (Wildman–Crippen LogP) is 5.11. The van der Waals surface area contributed by atoms with Gasteiger partial charge in [-0.1, -0.05) is 6.07 Å². The van der Waals surface area contributed by atoms with E-state index in [4.69, 9.17) is 0 Å². The van der Waals surface area contributed by atoms with Crippen LogP contribution in [0.3, 0.4) is 0 Å². The van der Waals surface area contributed by atoms with Crippen LogP contribution in [0.25, 0.3) is 38.6 Å². The zero-order chi connectivity index (χ0) is 20.2. The van der Waals surface area contributed by atoms with Gasteiger partial charge in [0.05, 0.1) is 0 Å². The maximum atomic E-state index is 4.34. The lowest BCUT2D eigenvalue weighted by atomic mass is 9.89. The van der Waals surface area contributed by atoms with Crippen molar-refractivity contribution in [1.82, 2.24) is 24.9 Å². The van der Waals surface area contributed by atoms with Crippen molar-refractivity contribution < 1.29 is 0 Å². The highest BCUT2D eigenvalue weighted by atomic mass is 15.3. The zero-order valence-electron chi connectivity index (χ0n) is 17.4. The molecule has 0 aliphatic carbocycles. The van der Waals surface area contributed by atoms with Gasteiger partial charge in [0, 0.05) is 33.6 Å². The van der Waals surface area contributed by atoms with E-state index in [1.165, 1.54) is 56.9 Å². The van der Waals surface area contributed by atoms with E-state index in [1.54, 1.807) is 6.33 Å². The molecule has 0 atom stereocenters. The number of aromatic nitrogens is 4. The van der Waals surface area contributed by atoms with Crippen LogP contribution in [-0.2, 0) is 0 Å². The normalized spacial score (nSPS) is 15.5. The lowest BCUT2D eigenvalue weighted by molar-refractivity contribution is 0.460. The standard InChI is InChI=1S/C25H25N5/c1-15-10-21-22-11-18(17-5-7-26-8-6-17)3-4-23(22)29-24(21)12-20(15)19-9-16(2)25-27-14-28-30(25)13-19/h3-4,9-14,17,26,29H,5-8H2,1-2H3. The van der Waals surface area contributed by atoms with Gasteiger partial charge in [-0.25, -0.2) is 9.50 Å². The van der Waals surface area contributed by atoms with Crippen LogP contribution in [0.1, 0.15) is 35.4 Å². The number of pyridine rings is 1. The summed E-state index contributed by atoms with van der Waals surface area (Å²) in [6, 6.07) is 13.8. The number of nitrogens with one attached hydrogen (secondary N) is 2. The Morgan fingerprint density at radius 2 is 1.77 bits per heavy atom. The molecule has 4 heterocycles. The Morgan fingerprint density at radius 3 is 2.63 bits per heavy atom. The third-order valence-corrected chi connectivity index (χ3v) is 6.65. The van der Waals surface area contributed by atoms with Crippen LogP contribution in [0.4, 0.5) is 0 Å². The van der Waals surface area contributed by atoms with E-state index in [2.05, 4.69) is 76.8 Å². The lowest BCUT2D eigenvalue weighted by Crippen LogP contribution is -2.26. The lowest BCUT2D eigenvalue weighted by Gasteiger charge is -2.23. The first-order chi connectivity index (χ1) is 14.7. The molecule has 0 spiro atoms. The highest BCUT2D eigenvalue weighted by Gasteiger charge is 2.17. The SMILES string of the molecule is Cc1cc2c(cc1-c1cc(C)c3ncnn3c1)[nH]c1ccc(C3CCNCC3)cc12. The molecule has 3 aromatic heterocycles. The second kappa shape index (κ2) is 6.67. The van der Waals surface area contributed by atoms with E-state index in [9.17, 15) is 0 Å². The second-order valence-corrected chi connectivity index (χ2v) is 8.61. The van der Waals surface area contributed by atoms with Crippen molar-refractivity contribution in [3.8, 4) is 11.1 Å². The summed E-state index contributed by atoms with van der Waals surface area (Å²) in [6.07, 6.45) is 6.13. The Hall–Kier alpha value is -3.18. The van der Waals surface area contributed by atoms with E-state index in [0.29, 0.717) is 5.92 Å². The molecule has 1 fully saturated rings. The van der Waals surface area contributed by atoms with Gasteiger partial charge in [-0.05, 0) is 98.3 Å². The molecule has 1 aliphatic rings. The summed E-state index contributed by atoms with van der Waals surface area (Å²) in [4.78, 5) is 7.99. The van der Waals surface area contributed by atoms with Crippen molar-refractivity contribution in [3.63, 3.8) is 0 Å². The van der Waals surface area contributed by atoms with Crippen LogP contribution in [0, 0.1) is 13.8 Å². The fourth-order valence-electron chi connectivity index (χ4n) is 5.03. The highest BCUT2D eigenvalue weighted by Crippen LogP contribution is 2.35. The van der Waals surface area contributed by atoms with Crippen molar-refractivity contribution in [2.75, 3.05) is 13.1 Å². The van der Waals surface area contributed by atoms with Crippen molar-refractivity contribution in [1.29, 1.82) is 0 Å². The number of benzene rings is 2. The topological polar surface area (TPSA) is 58.0 Å². The fourth-order valence-corrected chi connectivity index (χ4v) is 5.03. The van der Waals surface area contributed by atoms with Crippen LogP contribution < -0.4 is 5.32 Å². The molecule has 6 rings (SSSR count). The van der Waals surface area contributed by atoms with Gasteiger partial charge in [-0.3, -0.25) is 0 Å². The number of hydrogen-bond acceptors (Lipinski definition) is 3. The first-order valence-corrected chi connectivity index (χ1v) is 10.7. The van der Waals surface area contributed by atoms with E-state index >= 15 is 0 Å². The Balaban J connectivity index is 1.50. The Labute approximate surface area is 175 Å². The average Bonchev–Trinajstić information content (AvgIpc) is 3.38. The maximum absolute atomic E-state index is 4.34. The molecule has 2 N–H and O–H groups in total. The molecule has 5 nitrogen and oxygen atoms in total. The molecule has 1 saturated heterocycles. The van der Waals surface area contributed by atoms with Gasteiger partial charge in [0.2, 0.25) is 0 Å². The molecule has 0 unspecified atom stereocenters. The monoisotopic (exact) mass is 395 g/mol. The molecule has 30 heavy (non-hydrogen) atoms. The molecular weight excluding hydrogens is 370 g/mol. The van der Waals surface area contributed by atoms with Crippen molar-refractivity contribution >= 4 is 27.5 Å². The van der Waals surface area contributed by atoms with Crippen LogP contribution in [0.15, 0.2) is 48.9 Å². The van der Waals surface area contributed by atoms with E-state index in [1.807, 2.05) is 4.52 Å². The molecule has 0 amide bonds. The van der Waals surface area contributed by atoms with Gasteiger partial charge < -0.3 is 10.3 Å². The fraction of sp³-hybridized carbons (Fsp3) is 0.280. The van der Waals surface area contributed by atoms with Crippen LogP contribution in [-0.4, -0.2) is 32.7 Å². The molecular formula is C25H25N5. The summed E-state index contributed by atoms with van der Waals surface area (Å²) in [5, 5.41) is 10.5. The summed E-state index contributed by atoms with van der Waals surface area (Å²) in [5.74, 6) is 0.665. The molecule has 5 aromatic rings. The quantitative estimate of drug-likeness (QED) is 0.436. The minimum atomic E-state index is 0.665. The third kappa shape index (κ3) is 2.73.